The van der Waals surface area contributed by atoms with Crippen LogP contribution in [0, 0.1) is 0 Å². The molecule has 9 heteroatoms. The number of hydrogen-bond acceptors (Lipinski definition) is 5. The van der Waals surface area contributed by atoms with Gasteiger partial charge in [-0.2, -0.15) is 0 Å². The number of nitrogens with one attached hydrogen (secondary N) is 1. The summed E-state index contributed by atoms with van der Waals surface area (Å²) in [7, 11) is -1.27. The fourth-order valence-corrected chi connectivity index (χ4v) is 2.85. The molecule has 0 aliphatic heterocycles. The normalized spacial score (nSPS) is 11.3. The smallest absolute Gasteiger partial charge is 0.323 e. The summed E-state index contributed by atoms with van der Waals surface area (Å²) in [6.45, 7) is 2.88. The molecule has 1 amide bonds. The van der Waals surface area contributed by atoms with Crippen LogP contribution in [0.2, 0.25) is 0 Å². The summed E-state index contributed by atoms with van der Waals surface area (Å²) >= 11 is 0. The Morgan fingerprint density at radius 1 is 1.35 bits per heavy atom. The van der Waals surface area contributed by atoms with Gasteiger partial charge in [0.2, 0.25) is 10.0 Å². The maximum absolute atomic E-state index is 12.5. The number of carboxylic acid groups (broad SMARTS) is 1. The molecule has 0 fully saturated rings. The molecular weight excluding hydrogens is 324 g/mol. The minimum absolute atomic E-state index is 0.0644. The van der Waals surface area contributed by atoms with E-state index in [1.807, 2.05) is 0 Å². The predicted molar refractivity (Wildman–Crippen MR) is 83.0 cm³/mol. The molecule has 0 aliphatic carbocycles. The van der Waals surface area contributed by atoms with Gasteiger partial charge in [0.25, 0.3) is 5.91 Å². The molecule has 0 atom stereocenters. The van der Waals surface area contributed by atoms with E-state index in [1.165, 1.54) is 32.4 Å². The van der Waals surface area contributed by atoms with Crippen LogP contribution in [0.5, 0.6) is 5.75 Å². The summed E-state index contributed by atoms with van der Waals surface area (Å²) in [5.41, 5.74) is 0.0644. The lowest BCUT2D eigenvalue weighted by molar-refractivity contribution is -0.138. The maximum atomic E-state index is 12.5. The van der Waals surface area contributed by atoms with E-state index < -0.39 is 28.4 Å². The summed E-state index contributed by atoms with van der Waals surface area (Å²) in [6, 6.07) is 3.57. The van der Waals surface area contributed by atoms with Gasteiger partial charge in [-0.3, -0.25) is 9.59 Å². The molecule has 2 N–H and O–H groups in total. The highest BCUT2D eigenvalue weighted by atomic mass is 32.2. The van der Waals surface area contributed by atoms with Crippen molar-refractivity contribution >= 4 is 21.9 Å². The van der Waals surface area contributed by atoms with E-state index in [4.69, 9.17) is 9.84 Å². The lowest BCUT2D eigenvalue weighted by Crippen LogP contribution is -2.40. The molecule has 0 saturated carbocycles. The average Bonchev–Trinajstić information content (AvgIpc) is 2.50. The summed E-state index contributed by atoms with van der Waals surface area (Å²) in [6.07, 6.45) is 0. The highest BCUT2D eigenvalue weighted by Crippen LogP contribution is 2.25. The van der Waals surface area contributed by atoms with Crippen molar-refractivity contribution in [3.8, 4) is 5.75 Å². The molecule has 0 aliphatic rings. The van der Waals surface area contributed by atoms with Gasteiger partial charge >= 0.3 is 5.97 Å². The van der Waals surface area contributed by atoms with Crippen LogP contribution < -0.4 is 9.46 Å². The molecule has 23 heavy (non-hydrogen) atoms. The monoisotopic (exact) mass is 344 g/mol. The average molecular weight is 344 g/mol. The molecule has 1 aromatic carbocycles. The van der Waals surface area contributed by atoms with Crippen molar-refractivity contribution in [2.45, 2.75) is 24.8 Å². The lowest BCUT2D eigenvalue weighted by atomic mass is 10.1. The van der Waals surface area contributed by atoms with Crippen molar-refractivity contribution in [2.24, 2.45) is 0 Å². The van der Waals surface area contributed by atoms with Crippen LogP contribution in [0.25, 0.3) is 0 Å². The Morgan fingerprint density at radius 2 is 1.96 bits per heavy atom. The molecule has 128 valence electrons. The van der Waals surface area contributed by atoms with E-state index in [2.05, 4.69) is 4.72 Å². The van der Waals surface area contributed by atoms with E-state index in [9.17, 15) is 18.0 Å². The number of aliphatic carboxylic acids is 1. The molecule has 0 bridgehead atoms. The summed E-state index contributed by atoms with van der Waals surface area (Å²) < 4.78 is 31.2. The van der Waals surface area contributed by atoms with Gasteiger partial charge in [-0.05, 0) is 39.1 Å². The van der Waals surface area contributed by atoms with Crippen molar-refractivity contribution in [1.29, 1.82) is 0 Å². The highest BCUT2D eigenvalue weighted by Gasteiger charge is 2.25. The number of carbonyl (C=O) groups excluding carboxylic acids is 1. The Bertz CT molecular complexity index is 699. The second-order valence-corrected chi connectivity index (χ2v) is 6.85. The molecule has 1 aromatic rings. The van der Waals surface area contributed by atoms with E-state index in [0.29, 0.717) is 0 Å². The highest BCUT2D eigenvalue weighted by molar-refractivity contribution is 7.89. The fraction of sp³-hybridized carbons (Fsp3) is 0.429. The van der Waals surface area contributed by atoms with Crippen LogP contribution in [0.4, 0.5) is 0 Å². The SMILES string of the molecule is CNS(=O)(=O)c1cc(C(=O)N(CC(=O)O)C(C)C)ccc1OC. The molecule has 0 unspecified atom stereocenters. The van der Waals surface area contributed by atoms with Gasteiger partial charge in [-0.15, -0.1) is 0 Å². The standard InChI is InChI=1S/C14H20N2O6S/c1-9(2)16(8-13(17)18)14(19)10-5-6-11(22-4)12(7-10)23(20,21)15-3/h5-7,9,15H,8H2,1-4H3,(H,17,18). The summed E-state index contributed by atoms with van der Waals surface area (Å²) in [4.78, 5) is 24.3. The topological polar surface area (TPSA) is 113 Å². The van der Waals surface area contributed by atoms with Gasteiger partial charge in [0, 0.05) is 11.6 Å². The second kappa shape index (κ2) is 7.42. The zero-order chi connectivity index (χ0) is 17.8. The number of rotatable bonds is 7. The van der Waals surface area contributed by atoms with Crippen molar-refractivity contribution in [1.82, 2.24) is 9.62 Å². The van der Waals surface area contributed by atoms with E-state index in [-0.39, 0.29) is 22.3 Å². The van der Waals surface area contributed by atoms with Crippen LogP contribution in [0.3, 0.4) is 0 Å². The molecule has 0 spiro atoms. The Morgan fingerprint density at radius 3 is 2.39 bits per heavy atom. The Kier molecular flexibility index (Phi) is 6.11. The number of carboxylic acids is 1. The lowest BCUT2D eigenvalue weighted by Gasteiger charge is -2.25. The fourth-order valence-electron chi connectivity index (χ4n) is 1.93. The minimum Gasteiger partial charge on any atom is -0.495 e. The number of nitrogens with zero attached hydrogens (tertiary/aromatic N) is 1. The number of benzene rings is 1. The predicted octanol–water partition coefficient (Wildman–Crippen LogP) is 0.539. The number of hydrogen-bond donors (Lipinski definition) is 2. The molecule has 0 aromatic heterocycles. The number of sulfonamides is 1. The van der Waals surface area contributed by atoms with Crippen LogP contribution in [0.15, 0.2) is 23.1 Å². The third kappa shape index (κ3) is 4.42. The Balaban J connectivity index is 3.35. The number of ether oxygens (including phenoxy) is 1. The Hall–Kier alpha value is -2.13. The van der Waals surface area contributed by atoms with Crippen molar-refractivity contribution in [3.05, 3.63) is 23.8 Å². The molecular formula is C14H20N2O6S. The van der Waals surface area contributed by atoms with E-state index >= 15 is 0 Å². The molecule has 1 rings (SSSR count). The van der Waals surface area contributed by atoms with E-state index in [1.54, 1.807) is 13.8 Å². The molecule has 0 saturated heterocycles. The first-order chi connectivity index (χ1) is 10.6. The van der Waals surface area contributed by atoms with Crippen LogP contribution >= 0.6 is 0 Å². The number of carbonyl (C=O) groups is 2. The zero-order valence-electron chi connectivity index (χ0n) is 13.4. The summed E-state index contributed by atoms with van der Waals surface area (Å²) in [5, 5.41) is 8.91. The first-order valence-electron chi connectivity index (χ1n) is 6.78. The molecule has 0 heterocycles. The van der Waals surface area contributed by atoms with Crippen LogP contribution in [0.1, 0.15) is 24.2 Å². The maximum Gasteiger partial charge on any atom is 0.323 e. The van der Waals surface area contributed by atoms with Crippen molar-refractivity contribution in [2.75, 3.05) is 20.7 Å². The van der Waals surface area contributed by atoms with Gasteiger partial charge in [-0.1, -0.05) is 0 Å². The largest absolute Gasteiger partial charge is 0.495 e. The summed E-state index contributed by atoms with van der Waals surface area (Å²) in [5.74, 6) is -1.63. The molecule has 0 radical (unpaired) electrons. The van der Waals surface area contributed by atoms with Crippen LogP contribution in [-0.4, -0.2) is 57.0 Å². The quantitative estimate of drug-likeness (QED) is 0.746. The first kappa shape index (κ1) is 18.9. The van der Waals surface area contributed by atoms with Gasteiger partial charge < -0.3 is 14.7 Å². The van der Waals surface area contributed by atoms with Crippen molar-refractivity contribution in [3.63, 3.8) is 0 Å². The van der Waals surface area contributed by atoms with Gasteiger partial charge in [0.15, 0.2) is 0 Å². The van der Waals surface area contributed by atoms with Gasteiger partial charge in [-0.25, -0.2) is 13.1 Å². The molecule has 8 nitrogen and oxygen atoms in total. The number of methoxy groups -OCH3 is 1. The number of amides is 1. The Labute approximate surface area is 135 Å². The van der Waals surface area contributed by atoms with Gasteiger partial charge in [0.05, 0.1) is 7.11 Å². The van der Waals surface area contributed by atoms with Gasteiger partial charge in [0.1, 0.15) is 17.2 Å². The van der Waals surface area contributed by atoms with Crippen molar-refractivity contribution < 1.29 is 27.9 Å². The minimum atomic E-state index is -3.83. The van der Waals surface area contributed by atoms with E-state index in [0.717, 1.165) is 4.90 Å². The van der Waals surface area contributed by atoms with Crippen LogP contribution in [-0.2, 0) is 14.8 Å². The third-order valence-electron chi connectivity index (χ3n) is 3.16. The first-order valence-corrected chi connectivity index (χ1v) is 8.26. The second-order valence-electron chi connectivity index (χ2n) is 4.99. The third-order valence-corrected chi connectivity index (χ3v) is 4.59. The zero-order valence-corrected chi connectivity index (χ0v) is 14.2.